The van der Waals surface area contributed by atoms with Crippen LogP contribution in [0.25, 0.3) is 66.9 Å². The van der Waals surface area contributed by atoms with Crippen LogP contribution in [0.2, 0.25) is 15.1 Å². The number of phenols is 6. The summed E-state index contributed by atoms with van der Waals surface area (Å²) in [5.41, 5.74) is 6.36. The number of halogens is 3. The highest BCUT2D eigenvalue weighted by Gasteiger charge is 2.40. The monoisotopic (exact) mass is 1550 g/mol. The van der Waals surface area contributed by atoms with Crippen LogP contribution < -0.4 is 27.3 Å². The minimum absolute atomic E-state index is 0.0188. The minimum Gasteiger partial charge on any atom is -0.507 e. The normalized spacial score (nSPS) is 19.0. The Bertz CT molecular complexity index is 4820. The summed E-state index contributed by atoms with van der Waals surface area (Å²) in [5.74, 6) is -4.82. The second kappa shape index (κ2) is 35.0. The molecule has 6 heterocycles. The van der Waals surface area contributed by atoms with E-state index in [1.54, 1.807) is 114 Å². The van der Waals surface area contributed by atoms with Crippen molar-refractivity contribution in [2.45, 2.75) is 128 Å². The fraction of sp³-hybridized carbons (Fsp3) is 0.380. The van der Waals surface area contributed by atoms with E-state index in [-0.39, 0.29) is 90.8 Å². The number of carbonyl (C=O) groups is 4. The van der Waals surface area contributed by atoms with Crippen molar-refractivity contribution in [3.05, 3.63) is 172 Å². The number of benzene rings is 6. The Morgan fingerprint density at radius 1 is 0.537 bits per heavy atom. The summed E-state index contributed by atoms with van der Waals surface area (Å²) in [7, 11) is 5.73. The summed E-state index contributed by atoms with van der Waals surface area (Å²) in [6.07, 6.45) is -0.680. The molecule has 6 aromatic carbocycles. The zero-order chi connectivity index (χ0) is 79.1. The lowest BCUT2D eigenvalue weighted by molar-refractivity contribution is -0.156. The molecule has 12 rings (SSSR count). The topological polar surface area (TPSA) is 396 Å². The quantitative estimate of drug-likeness (QED) is 0.0378. The van der Waals surface area contributed by atoms with Crippen molar-refractivity contribution in [3.8, 4) is 68.5 Å². The number of phenolic OH excluding ortho intramolecular Hbond substituents is 6. The van der Waals surface area contributed by atoms with Gasteiger partial charge in [-0.25, -0.2) is 9.59 Å². The number of nitrogens with two attached hydrogens (primary N) is 1. The molecule has 11 N–H and O–H groups in total. The highest BCUT2D eigenvalue weighted by molar-refractivity contribution is 6.34. The van der Waals surface area contributed by atoms with Crippen molar-refractivity contribution in [1.29, 1.82) is 0 Å². The van der Waals surface area contributed by atoms with Gasteiger partial charge in [0.05, 0.1) is 27.1 Å². The number of likely N-dealkylation sites (N-methyl/N-ethyl adjacent to an activating group) is 3. The van der Waals surface area contributed by atoms with Gasteiger partial charge in [0, 0.05) is 107 Å². The molecule has 3 aliphatic heterocycles. The summed E-state index contributed by atoms with van der Waals surface area (Å²) in [6, 6.07) is 26.3. The zero-order valence-electron chi connectivity index (χ0n) is 61.1. The molecule has 3 aromatic heterocycles. The van der Waals surface area contributed by atoms with Crippen LogP contribution in [0.5, 0.6) is 34.5 Å². The summed E-state index contributed by atoms with van der Waals surface area (Å²) < 4.78 is 34.6. The standard InChI is InChI=1S/C25H26ClNO6.C24H25ClN2O6.C21H20ClNO5.C9H17NO4/c1-13(2)25(31)33-21-12-27(3)9-8-15(21)22-17(28)10-18(29)23-19(30)11-20(32-24(22)23)14-6-4-5-7-16(14)26;1-12(26)24(31)33-20-11-27(2)8-7-14(20)21-16(28)9-17(29)22-18(30)10-19(32-23(21)22)13-5-3-4-6-15(13)25;1-23-7-6-12(17(27)10-23)19-14(24)8-15(25)20-16(26)9-18(28-21(19)20)11-4-2-3-5-13(11)22;1-5-6(7(11)12)10-8(13)14-9(2,3)4/h4-7,10-11,13,15,21,28-29H,8-9,12H2,1-3H3;3-6,9-10,12,14,20,28-29H,7-8,11,26H2,1-2H3;2-5,8-9,12,17,24-25,27H,6-7,10H2,1H3;6H,5H2,1-4H3,(H,10,13)(H,11,12)/t15-,21+;12-,14-,20+;12-,17+;6-/m0000/s1. The van der Waals surface area contributed by atoms with E-state index in [0.717, 1.165) is 24.7 Å². The van der Waals surface area contributed by atoms with Gasteiger partial charge in [-0.05, 0) is 131 Å². The molecular formula is C79H88Cl3N5O21. The van der Waals surface area contributed by atoms with Gasteiger partial charge in [0.1, 0.15) is 115 Å². The first-order valence-corrected chi connectivity index (χ1v) is 36.1. The fourth-order valence-electron chi connectivity index (χ4n) is 13.2. The molecule has 3 aliphatic rings. The van der Waals surface area contributed by atoms with Crippen LogP contribution in [0.15, 0.2) is 137 Å². The van der Waals surface area contributed by atoms with Gasteiger partial charge in [0.2, 0.25) is 0 Å². The third-order valence-electron chi connectivity index (χ3n) is 18.6. The number of carbonyl (C=O) groups excluding carboxylic acids is 3. The lowest BCUT2D eigenvalue weighted by Gasteiger charge is -2.37. The first-order valence-electron chi connectivity index (χ1n) is 34.9. The number of fused-ring (bicyclic) bond motifs is 3. The molecule has 0 unspecified atom stereocenters. The van der Waals surface area contributed by atoms with Crippen molar-refractivity contribution in [2.75, 3.05) is 60.4 Å². The zero-order valence-corrected chi connectivity index (χ0v) is 63.4. The fourth-order valence-corrected chi connectivity index (χ4v) is 13.9. The predicted molar refractivity (Wildman–Crippen MR) is 409 cm³/mol. The number of aliphatic hydroxyl groups excluding tert-OH is 1. The largest absolute Gasteiger partial charge is 0.507 e. The Kier molecular flexibility index (Phi) is 26.6. The van der Waals surface area contributed by atoms with Crippen molar-refractivity contribution in [2.24, 2.45) is 11.7 Å². The number of likely N-dealkylation sites (tertiary alicyclic amines) is 3. The lowest BCUT2D eigenvalue weighted by Crippen LogP contribution is -2.45. The number of nitrogens with one attached hydrogen (secondary N) is 1. The van der Waals surface area contributed by atoms with Gasteiger partial charge in [0.25, 0.3) is 0 Å². The Morgan fingerprint density at radius 3 is 1.19 bits per heavy atom. The Hall–Kier alpha value is -9.90. The van der Waals surface area contributed by atoms with Gasteiger partial charge in [0.15, 0.2) is 16.3 Å². The first-order chi connectivity index (χ1) is 51.0. The van der Waals surface area contributed by atoms with Gasteiger partial charge in [-0.15, -0.1) is 0 Å². The lowest BCUT2D eigenvalue weighted by atomic mass is 9.85. The number of carboxylic acids is 1. The van der Waals surface area contributed by atoms with Crippen LogP contribution in [-0.4, -0.2) is 176 Å². The summed E-state index contributed by atoms with van der Waals surface area (Å²) in [6.45, 7) is 15.2. The molecule has 108 heavy (non-hydrogen) atoms. The van der Waals surface area contributed by atoms with E-state index in [4.69, 9.17) is 73.1 Å². The highest BCUT2D eigenvalue weighted by atomic mass is 35.5. The average molecular weight is 1550 g/mol. The van der Waals surface area contributed by atoms with E-state index in [1.165, 1.54) is 25.1 Å². The Balaban J connectivity index is 0.000000172. The molecule has 3 saturated heterocycles. The molecule has 9 aromatic rings. The van der Waals surface area contributed by atoms with Gasteiger partial charge in [-0.1, -0.05) is 92.0 Å². The van der Waals surface area contributed by atoms with E-state index in [2.05, 4.69) is 5.32 Å². The number of esters is 2. The van der Waals surface area contributed by atoms with Crippen LogP contribution in [0.4, 0.5) is 4.79 Å². The molecule has 8 atom stereocenters. The number of piperidine rings is 3. The van der Waals surface area contributed by atoms with Crippen molar-refractivity contribution < 1.29 is 87.5 Å². The van der Waals surface area contributed by atoms with E-state index < -0.39 is 93.8 Å². The number of aliphatic carboxylic acids is 1. The number of rotatable bonds is 13. The number of ether oxygens (including phenoxy) is 3. The van der Waals surface area contributed by atoms with Crippen LogP contribution in [0, 0.1) is 5.92 Å². The SMILES string of the molecule is CC(C)C(=O)O[C@@H]1CN(C)CC[C@@H]1c1c(O)cc(O)c2c(=O)cc(-c3ccccc3Cl)oc12.CC[C@H](NC(=O)OC(C)(C)C)C(=O)O.CN1CC[C@H](c2c(O)cc(O)c3c(=O)cc(-c4ccccc4Cl)oc23)[C@H](O)C1.C[C@H](N)C(=O)O[C@@H]1CN(C)CC[C@@H]1c1c(O)cc(O)c2c(=O)cc(-c3ccccc3Cl)oc12. The van der Waals surface area contributed by atoms with E-state index in [1.807, 2.05) is 35.8 Å². The van der Waals surface area contributed by atoms with Gasteiger partial charge in [-0.3, -0.25) is 24.0 Å². The molecule has 0 saturated carbocycles. The minimum atomic E-state index is -1.06. The Morgan fingerprint density at radius 2 is 0.870 bits per heavy atom. The molecule has 576 valence electrons. The van der Waals surface area contributed by atoms with Gasteiger partial charge in [-0.2, -0.15) is 0 Å². The van der Waals surface area contributed by atoms with Crippen LogP contribution in [0.1, 0.15) is 109 Å². The van der Waals surface area contributed by atoms with Crippen LogP contribution in [0.3, 0.4) is 0 Å². The van der Waals surface area contributed by atoms with Gasteiger partial charge >= 0.3 is 24.0 Å². The van der Waals surface area contributed by atoms with E-state index in [9.17, 15) is 69.3 Å². The van der Waals surface area contributed by atoms with Crippen molar-refractivity contribution in [3.63, 3.8) is 0 Å². The maximum atomic E-state index is 13.0. The van der Waals surface area contributed by atoms with Gasteiger partial charge < -0.3 is 94.1 Å². The number of amides is 1. The number of aliphatic hydroxyl groups is 1. The number of carboxylic acid groups (broad SMARTS) is 1. The summed E-state index contributed by atoms with van der Waals surface area (Å²) >= 11 is 18.9. The molecule has 0 bridgehead atoms. The van der Waals surface area contributed by atoms with Crippen LogP contribution in [-0.2, 0) is 28.6 Å². The summed E-state index contributed by atoms with van der Waals surface area (Å²) in [5, 5.41) is 86.0. The van der Waals surface area contributed by atoms with Crippen LogP contribution >= 0.6 is 34.8 Å². The first kappa shape index (κ1) is 82.2. The molecule has 29 heteroatoms. The smallest absolute Gasteiger partial charge is 0.408 e. The molecule has 0 aliphatic carbocycles. The number of β-amino-alcohol motifs (C(OH)–C–C–N with tert-alkyl or cyclic N) is 1. The highest BCUT2D eigenvalue weighted by Crippen LogP contribution is 2.48. The number of alkyl carbamates (subject to hydrolysis) is 1. The third kappa shape index (κ3) is 19.1. The maximum Gasteiger partial charge on any atom is 0.408 e. The number of hydrogen-bond donors (Lipinski definition) is 10. The molecule has 0 radical (unpaired) electrons. The van der Waals surface area contributed by atoms with Crippen molar-refractivity contribution >= 4 is 91.7 Å². The Labute approximate surface area is 635 Å². The molecular weight excluding hydrogens is 1460 g/mol. The average Bonchev–Trinajstić information content (AvgIpc) is 0.761. The molecule has 3 fully saturated rings. The van der Waals surface area contributed by atoms with Crippen molar-refractivity contribution in [1.82, 2.24) is 20.0 Å². The number of nitrogens with zero attached hydrogens (tertiary/aromatic N) is 3. The van der Waals surface area contributed by atoms with E-state index >= 15 is 0 Å². The molecule has 0 spiro atoms. The molecule has 26 nitrogen and oxygen atoms in total. The second-order valence-electron chi connectivity index (χ2n) is 28.3. The molecule has 1 amide bonds. The predicted octanol–water partition coefficient (Wildman–Crippen LogP) is 12.4. The number of hydrogen-bond acceptors (Lipinski definition) is 24. The summed E-state index contributed by atoms with van der Waals surface area (Å²) in [4.78, 5) is 91.2. The second-order valence-corrected chi connectivity index (χ2v) is 29.6. The number of aromatic hydroxyl groups is 6. The maximum absolute atomic E-state index is 13.0. The van der Waals surface area contributed by atoms with E-state index in [0.29, 0.717) is 107 Å². The third-order valence-corrected chi connectivity index (χ3v) is 19.6.